The van der Waals surface area contributed by atoms with Gasteiger partial charge in [0.25, 0.3) is 5.91 Å². The molecule has 1 amide bonds. The molecule has 0 unspecified atom stereocenters. The van der Waals surface area contributed by atoms with Crippen LogP contribution in [0.1, 0.15) is 28.4 Å². The minimum atomic E-state index is -0.181. The maximum Gasteiger partial charge on any atom is 0.251 e. The first kappa shape index (κ1) is 16.6. The Labute approximate surface area is 136 Å². The summed E-state index contributed by atoms with van der Waals surface area (Å²) < 4.78 is 10.6. The van der Waals surface area contributed by atoms with Gasteiger partial charge in [0.15, 0.2) is 11.5 Å². The second kappa shape index (κ2) is 8.03. The van der Waals surface area contributed by atoms with Gasteiger partial charge in [0.05, 0.1) is 20.3 Å². The summed E-state index contributed by atoms with van der Waals surface area (Å²) >= 11 is 0. The monoisotopic (exact) mass is 311 g/mol. The highest BCUT2D eigenvalue weighted by Gasteiger charge is 2.16. The van der Waals surface area contributed by atoms with Crippen LogP contribution in [0.25, 0.3) is 0 Å². The Morgan fingerprint density at radius 1 is 1.13 bits per heavy atom. The van der Waals surface area contributed by atoms with Crippen molar-refractivity contribution >= 4 is 5.91 Å². The molecule has 2 aromatic rings. The Morgan fingerprint density at radius 3 is 2.43 bits per heavy atom. The first-order valence-corrected chi connectivity index (χ1v) is 7.38. The Bertz CT molecular complexity index is 668. The molecule has 4 nitrogen and oxygen atoms in total. The molecule has 0 saturated heterocycles. The molecular weight excluding hydrogens is 290 g/mol. The number of carbonyl (C=O) groups is 1. The molecule has 0 radical (unpaired) electrons. The van der Waals surface area contributed by atoms with Crippen LogP contribution < -0.4 is 14.8 Å². The summed E-state index contributed by atoms with van der Waals surface area (Å²) in [6.45, 7) is 3.78. The van der Waals surface area contributed by atoms with E-state index in [1.54, 1.807) is 32.4 Å². The first-order chi connectivity index (χ1) is 11.2. The highest BCUT2D eigenvalue weighted by molar-refractivity contribution is 5.94. The minimum Gasteiger partial charge on any atom is -0.493 e. The van der Waals surface area contributed by atoms with Gasteiger partial charge in [-0.2, -0.15) is 0 Å². The third kappa shape index (κ3) is 4.13. The van der Waals surface area contributed by atoms with Crippen molar-refractivity contribution in [1.29, 1.82) is 0 Å². The first-order valence-electron chi connectivity index (χ1n) is 7.38. The van der Waals surface area contributed by atoms with E-state index >= 15 is 0 Å². The third-order valence-corrected chi connectivity index (χ3v) is 3.55. The van der Waals surface area contributed by atoms with Crippen molar-refractivity contribution in [2.45, 2.75) is 12.5 Å². The van der Waals surface area contributed by atoms with E-state index in [2.05, 4.69) is 11.9 Å². The van der Waals surface area contributed by atoms with E-state index < -0.39 is 0 Å². The number of benzene rings is 2. The van der Waals surface area contributed by atoms with Crippen LogP contribution in [0.5, 0.6) is 11.5 Å². The minimum absolute atomic E-state index is 0.118. The molecule has 0 heterocycles. The van der Waals surface area contributed by atoms with Crippen LogP contribution in [-0.4, -0.2) is 20.1 Å². The van der Waals surface area contributed by atoms with Gasteiger partial charge in [-0.3, -0.25) is 4.79 Å². The van der Waals surface area contributed by atoms with Crippen molar-refractivity contribution in [2.24, 2.45) is 0 Å². The molecule has 1 N–H and O–H groups in total. The molecule has 0 aliphatic heterocycles. The van der Waals surface area contributed by atoms with E-state index in [1.165, 1.54) is 0 Å². The summed E-state index contributed by atoms with van der Waals surface area (Å²) in [7, 11) is 3.18. The summed E-state index contributed by atoms with van der Waals surface area (Å²) in [6.07, 6.45) is 2.40. The number of hydrogen-bond donors (Lipinski definition) is 1. The quantitative estimate of drug-likeness (QED) is 0.792. The van der Waals surface area contributed by atoms with Gasteiger partial charge < -0.3 is 14.8 Å². The van der Waals surface area contributed by atoms with E-state index in [1.807, 2.05) is 36.4 Å². The second-order valence-electron chi connectivity index (χ2n) is 5.03. The second-order valence-corrected chi connectivity index (χ2v) is 5.03. The maximum absolute atomic E-state index is 12.4. The number of rotatable bonds is 7. The SMILES string of the molecule is C=CC[C@H](NC(=O)c1ccccc1)c1ccc(OC)c(OC)c1. The lowest BCUT2D eigenvalue weighted by atomic mass is 10.0. The van der Waals surface area contributed by atoms with Crippen LogP contribution in [0.3, 0.4) is 0 Å². The molecule has 0 fully saturated rings. The number of carbonyl (C=O) groups excluding carboxylic acids is 1. The third-order valence-electron chi connectivity index (χ3n) is 3.55. The molecule has 0 spiro atoms. The maximum atomic E-state index is 12.4. The van der Waals surface area contributed by atoms with Gasteiger partial charge in [-0.25, -0.2) is 0 Å². The molecule has 0 aliphatic carbocycles. The summed E-state index contributed by atoms with van der Waals surface area (Å²) in [6, 6.07) is 14.6. The van der Waals surface area contributed by atoms with Crippen LogP contribution in [0, 0.1) is 0 Å². The Hall–Kier alpha value is -2.75. The summed E-state index contributed by atoms with van der Waals surface area (Å²) in [5.41, 5.74) is 1.56. The van der Waals surface area contributed by atoms with Gasteiger partial charge in [-0.1, -0.05) is 30.3 Å². The number of hydrogen-bond acceptors (Lipinski definition) is 3. The van der Waals surface area contributed by atoms with E-state index in [-0.39, 0.29) is 11.9 Å². The number of nitrogens with one attached hydrogen (secondary N) is 1. The zero-order chi connectivity index (χ0) is 16.7. The van der Waals surface area contributed by atoms with Gasteiger partial charge in [0.1, 0.15) is 0 Å². The molecule has 4 heteroatoms. The molecule has 2 rings (SSSR count). The molecule has 0 aromatic heterocycles. The van der Waals surface area contributed by atoms with Crippen molar-refractivity contribution in [3.8, 4) is 11.5 Å². The number of methoxy groups -OCH3 is 2. The van der Waals surface area contributed by atoms with Crippen molar-refractivity contribution in [1.82, 2.24) is 5.32 Å². The fourth-order valence-electron chi connectivity index (χ4n) is 2.35. The summed E-state index contributed by atoms with van der Waals surface area (Å²) in [5.74, 6) is 1.17. The van der Waals surface area contributed by atoms with Crippen molar-refractivity contribution in [2.75, 3.05) is 14.2 Å². The van der Waals surface area contributed by atoms with Crippen molar-refractivity contribution in [3.63, 3.8) is 0 Å². The van der Waals surface area contributed by atoms with Gasteiger partial charge in [0.2, 0.25) is 0 Å². The Kier molecular flexibility index (Phi) is 5.80. The molecule has 120 valence electrons. The predicted molar refractivity (Wildman–Crippen MR) is 91.0 cm³/mol. The normalized spacial score (nSPS) is 11.4. The van der Waals surface area contributed by atoms with Gasteiger partial charge in [-0.05, 0) is 36.2 Å². The van der Waals surface area contributed by atoms with Crippen LogP contribution in [0.4, 0.5) is 0 Å². The smallest absolute Gasteiger partial charge is 0.251 e. The van der Waals surface area contributed by atoms with Crippen LogP contribution in [0.15, 0.2) is 61.2 Å². The molecule has 1 atom stereocenters. The van der Waals surface area contributed by atoms with Crippen LogP contribution in [-0.2, 0) is 0 Å². The lowest BCUT2D eigenvalue weighted by molar-refractivity contribution is 0.0937. The fourth-order valence-corrected chi connectivity index (χ4v) is 2.35. The van der Waals surface area contributed by atoms with Gasteiger partial charge in [0, 0.05) is 5.56 Å². The highest BCUT2D eigenvalue weighted by atomic mass is 16.5. The molecule has 0 aliphatic rings. The van der Waals surface area contributed by atoms with Crippen molar-refractivity contribution < 1.29 is 14.3 Å². The summed E-state index contributed by atoms with van der Waals surface area (Å²) in [5, 5.41) is 3.03. The molecule has 2 aromatic carbocycles. The fraction of sp³-hybridized carbons (Fsp3) is 0.211. The zero-order valence-electron chi connectivity index (χ0n) is 13.4. The lowest BCUT2D eigenvalue weighted by Crippen LogP contribution is -2.28. The highest BCUT2D eigenvalue weighted by Crippen LogP contribution is 2.31. The molecule has 0 bridgehead atoms. The standard InChI is InChI=1S/C19H21NO3/c1-4-8-16(20-19(21)14-9-6-5-7-10-14)15-11-12-17(22-2)18(13-15)23-3/h4-7,9-13,16H,1,8H2,2-3H3,(H,20,21)/t16-/m0/s1. The average Bonchev–Trinajstić information content (AvgIpc) is 2.61. The Balaban J connectivity index is 2.24. The van der Waals surface area contributed by atoms with E-state index in [0.29, 0.717) is 23.5 Å². The van der Waals surface area contributed by atoms with E-state index in [0.717, 1.165) is 5.56 Å². The Morgan fingerprint density at radius 2 is 1.83 bits per heavy atom. The van der Waals surface area contributed by atoms with Crippen LogP contribution >= 0.6 is 0 Å². The average molecular weight is 311 g/mol. The van der Waals surface area contributed by atoms with Crippen molar-refractivity contribution in [3.05, 3.63) is 72.3 Å². The van der Waals surface area contributed by atoms with Crippen LogP contribution in [0.2, 0.25) is 0 Å². The largest absolute Gasteiger partial charge is 0.493 e. The molecule has 23 heavy (non-hydrogen) atoms. The van der Waals surface area contributed by atoms with Gasteiger partial charge in [-0.15, -0.1) is 6.58 Å². The number of ether oxygens (including phenoxy) is 2. The molecular formula is C19H21NO3. The summed E-state index contributed by atoms with van der Waals surface area (Å²) in [4.78, 5) is 12.4. The number of amides is 1. The van der Waals surface area contributed by atoms with E-state index in [9.17, 15) is 4.79 Å². The molecule has 0 saturated carbocycles. The van der Waals surface area contributed by atoms with Gasteiger partial charge >= 0.3 is 0 Å². The topological polar surface area (TPSA) is 47.6 Å². The predicted octanol–water partition coefficient (Wildman–Crippen LogP) is 3.75. The lowest BCUT2D eigenvalue weighted by Gasteiger charge is -2.19. The van der Waals surface area contributed by atoms with E-state index in [4.69, 9.17) is 9.47 Å². The zero-order valence-corrected chi connectivity index (χ0v) is 13.4.